The number of hydrogen-bond donors (Lipinski definition) is 1. The SMILES string of the molecule is Oc1cc(Br)c(OC(F)(F)F)nc1Br. The van der Waals surface area contributed by atoms with E-state index in [1.54, 1.807) is 0 Å². The minimum absolute atomic E-state index is 0.0875. The molecule has 0 aliphatic carbocycles. The second-order valence-electron chi connectivity index (χ2n) is 2.13. The Morgan fingerprint density at radius 2 is 1.93 bits per heavy atom. The fourth-order valence-electron chi connectivity index (χ4n) is 0.622. The van der Waals surface area contributed by atoms with Gasteiger partial charge in [-0.3, -0.25) is 0 Å². The summed E-state index contributed by atoms with van der Waals surface area (Å²) in [4.78, 5) is 3.34. The first-order valence-corrected chi connectivity index (χ1v) is 4.69. The van der Waals surface area contributed by atoms with Crippen LogP contribution in [0.25, 0.3) is 0 Å². The summed E-state index contributed by atoms with van der Waals surface area (Å²) in [6, 6.07) is 1.04. The van der Waals surface area contributed by atoms with E-state index >= 15 is 0 Å². The summed E-state index contributed by atoms with van der Waals surface area (Å²) in [5.74, 6) is -0.950. The summed E-state index contributed by atoms with van der Waals surface area (Å²) in [6.45, 7) is 0. The van der Waals surface area contributed by atoms with Crippen LogP contribution in [0.2, 0.25) is 0 Å². The van der Waals surface area contributed by atoms with Gasteiger partial charge >= 0.3 is 6.36 Å². The average Bonchev–Trinajstić information content (AvgIpc) is 1.97. The van der Waals surface area contributed by atoms with Gasteiger partial charge in [0.15, 0.2) is 4.60 Å². The maximum absolute atomic E-state index is 11.8. The molecule has 1 aromatic rings. The second-order valence-corrected chi connectivity index (χ2v) is 3.74. The summed E-state index contributed by atoms with van der Waals surface area (Å²) in [5.41, 5.74) is 0. The largest absolute Gasteiger partial charge is 0.574 e. The Morgan fingerprint density at radius 3 is 2.43 bits per heavy atom. The Bertz CT molecular complexity index is 356. The number of aromatic nitrogens is 1. The van der Waals surface area contributed by atoms with Gasteiger partial charge in [-0.2, -0.15) is 0 Å². The van der Waals surface area contributed by atoms with E-state index in [-0.39, 0.29) is 14.8 Å². The lowest BCUT2D eigenvalue weighted by Crippen LogP contribution is -2.18. The molecule has 0 aromatic carbocycles. The standard InChI is InChI=1S/C6H2Br2F3NO2/c7-2-1-3(13)4(8)12-5(2)14-6(9,10)11/h1,13H. The van der Waals surface area contributed by atoms with E-state index in [2.05, 4.69) is 41.6 Å². The van der Waals surface area contributed by atoms with Crippen molar-refractivity contribution in [2.45, 2.75) is 6.36 Å². The van der Waals surface area contributed by atoms with E-state index in [1.165, 1.54) is 0 Å². The van der Waals surface area contributed by atoms with E-state index in [1.807, 2.05) is 0 Å². The number of rotatable bonds is 1. The molecule has 1 aromatic heterocycles. The van der Waals surface area contributed by atoms with E-state index in [4.69, 9.17) is 5.11 Å². The molecule has 0 atom stereocenters. The third kappa shape index (κ3) is 3.02. The summed E-state index contributed by atoms with van der Waals surface area (Å²) in [7, 11) is 0. The average molecular weight is 337 g/mol. The number of alkyl halides is 3. The van der Waals surface area contributed by atoms with Crippen LogP contribution in [-0.4, -0.2) is 16.5 Å². The van der Waals surface area contributed by atoms with Gasteiger partial charge in [-0.1, -0.05) is 0 Å². The molecule has 8 heteroatoms. The molecule has 78 valence electrons. The highest BCUT2D eigenvalue weighted by molar-refractivity contribution is 9.11. The molecule has 0 unspecified atom stereocenters. The molecule has 14 heavy (non-hydrogen) atoms. The van der Waals surface area contributed by atoms with Gasteiger partial charge in [-0.25, -0.2) is 4.98 Å². The molecule has 0 saturated heterocycles. The smallest absolute Gasteiger partial charge is 0.505 e. The zero-order chi connectivity index (χ0) is 10.9. The highest BCUT2D eigenvalue weighted by atomic mass is 79.9. The lowest BCUT2D eigenvalue weighted by molar-refractivity contribution is -0.276. The number of aromatic hydroxyl groups is 1. The predicted molar refractivity (Wildman–Crippen MR) is 48.0 cm³/mol. The van der Waals surface area contributed by atoms with Gasteiger partial charge in [-0.15, -0.1) is 13.2 Å². The third-order valence-corrected chi connectivity index (χ3v) is 2.24. The maximum atomic E-state index is 11.8. The fraction of sp³-hybridized carbons (Fsp3) is 0.167. The van der Waals surface area contributed by atoms with Crippen molar-refractivity contribution in [1.29, 1.82) is 0 Å². The Balaban J connectivity index is 3.04. The quantitative estimate of drug-likeness (QED) is 0.801. The van der Waals surface area contributed by atoms with Crippen LogP contribution in [0.3, 0.4) is 0 Å². The van der Waals surface area contributed by atoms with Crippen LogP contribution in [0.4, 0.5) is 13.2 Å². The van der Waals surface area contributed by atoms with Gasteiger partial charge in [0.1, 0.15) is 5.75 Å². The molecule has 0 bridgehead atoms. The molecule has 3 nitrogen and oxygen atoms in total. The van der Waals surface area contributed by atoms with Crippen LogP contribution in [-0.2, 0) is 0 Å². The lowest BCUT2D eigenvalue weighted by Gasteiger charge is -2.09. The van der Waals surface area contributed by atoms with Crippen molar-refractivity contribution in [1.82, 2.24) is 4.98 Å². The zero-order valence-corrected chi connectivity index (χ0v) is 9.44. The topological polar surface area (TPSA) is 42.4 Å². The van der Waals surface area contributed by atoms with Crippen molar-refractivity contribution in [3.05, 3.63) is 15.1 Å². The lowest BCUT2D eigenvalue weighted by atomic mass is 10.4. The van der Waals surface area contributed by atoms with Crippen LogP contribution in [0.15, 0.2) is 15.1 Å². The molecule has 0 fully saturated rings. The minimum Gasteiger partial charge on any atom is -0.505 e. The summed E-state index contributed by atoms with van der Waals surface area (Å²) < 4.78 is 38.7. The molecular weight excluding hydrogens is 335 g/mol. The zero-order valence-electron chi connectivity index (χ0n) is 6.27. The van der Waals surface area contributed by atoms with Gasteiger partial charge < -0.3 is 9.84 Å². The monoisotopic (exact) mass is 335 g/mol. The molecular formula is C6H2Br2F3NO2. The van der Waals surface area contributed by atoms with Crippen molar-refractivity contribution in [2.75, 3.05) is 0 Å². The van der Waals surface area contributed by atoms with Crippen LogP contribution in [0, 0.1) is 0 Å². The molecule has 0 saturated carbocycles. The van der Waals surface area contributed by atoms with Crippen molar-refractivity contribution in [3.8, 4) is 11.6 Å². The van der Waals surface area contributed by atoms with Crippen LogP contribution in [0.5, 0.6) is 11.6 Å². The van der Waals surface area contributed by atoms with Gasteiger partial charge in [0.2, 0.25) is 5.88 Å². The summed E-state index contributed by atoms with van der Waals surface area (Å²) in [6.07, 6.45) is -4.81. The maximum Gasteiger partial charge on any atom is 0.574 e. The van der Waals surface area contributed by atoms with Gasteiger partial charge in [0.05, 0.1) is 4.47 Å². The van der Waals surface area contributed by atoms with E-state index in [9.17, 15) is 13.2 Å². The first-order valence-electron chi connectivity index (χ1n) is 3.10. The molecule has 1 rings (SSSR count). The van der Waals surface area contributed by atoms with Crippen LogP contribution < -0.4 is 4.74 Å². The molecule has 0 spiro atoms. The van der Waals surface area contributed by atoms with Crippen molar-refractivity contribution < 1.29 is 23.0 Å². The van der Waals surface area contributed by atoms with E-state index in [0.29, 0.717) is 0 Å². The van der Waals surface area contributed by atoms with Gasteiger partial charge in [0, 0.05) is 6.07 Å². The number of ether oxygens (including phenoxy) is 1. The Kier molecular flexibility index (Phi) is 3.25. The third-order valence-electron chi connectivity index (χ3n) is 1.09. The number of hydrogen-bond acceptors (Lipinski definition) is 3. The number of nitrogens with zero attached hydrogens (tertiary/aromatic N) is 1. The van der Waals surface area contributed by atoms with Gasteiger partial charge in [-0.05, 0) is 31.9 Å². The number of halogens is 5. The van der Waals surface area contributed by atoms with Gasteiger partial charge in [0.25, 0.3) is 0 Å². The van der Waals surface area contributed by atoms with Crippen LogP contribution >= 0.6 is 31.9 Å². The summed E-state index contributed by atoms with van der Waals surface area (Å²) in [5, 5.41) is 9.05. The highest BCUT2D eigenvalue weighted by Gasteiger charge is 2.33. The van der Waals surface area contributed by atoms with E-state index < -0.39 is 12.2 Å². The first-order chi connectivity index (χ1) is 6.29. The molecule has 1 heterocycles. The first kappa shape index (κ1) is 11.6. The highest BCUT2D eigenvalue weighted by Crippen LogP contribution is 2.34. The number of pyridine rings is 1. The minimum atomic E-state index is -4.81. The second kappa shape index (κ2) is 3.93. The predicted octanol–water partition coefficient (Wildman–Crippen LogP) is 3.21. The molecule has 0 aliphatic rings. The fourth-order valence-corrected chi connectivity index (χ4v) is 1.28. The van der Waals surface area contributed by atoms with E-state index in [0.717, 1.165) is 6.07 Å². The molecule has 1 N–H and O–H groups in total. The molecule has 0 radical (unpaired) electrons. The van der Waals surface area contributed by atoms with Crippen molar-refractivity contribution >= 4 is 31.9 Å². The normalized spacial score (nSPS) is 11.5. The molecule has 0 amide bonds. The Hall–Kier alpha value is -0.500. The van der Waals surface area contributed by atoms with Crippen molar-refractivity contribution in [3.63, 3.8) is 0 Å². The van der Waals surface area contributed by atoms with Crippen molar-refractivity contribution in [2.24, 2.45) is 0 Å². The Labute approximate surface area is 93.2 Å². The summed E-state index contributed by atoms with van der Waals surface area (Å²) >= 11 is 5.52. The van der Waals surface area contributed by atoms with Crippen LogP contribution in [0.1, 0.15) is 0 Å². The Morgan fingerprint density at radius 1 is 1.36 bits per heavy atom. The molecule has 0 aliphatic heterocycles.